The van der Waals surface area contributed by atoms with Crippen LogP contribution in [0.2, 0.25) is 0 Å². The third kappa shape index (κ3) is 2.88. The van der Waals surface area contributed by atoms with Gasteiger partial charge in [0.05, 0.1) is 13.2 Å². The van der Waals surface area contributed by atoms with Crippen LogP contribution in [-0.4, -0.2) is 30.5 Å². The van der Waals surface area contributed by atoms with Gasteiger partial charge in [-0.15, -0.1) is 0 Å². The molecule has 0 spiro atoms. The van der Waals surface area contributed by atoms with Gasteiger partial charge >= 0.3 is 0 Å². The fourth-order valence-corrected chi connectivity index (χ4v) is 2.71. The molecular formula is C18H18FNO2. The van der Waals surface area contributed by atoms with Gasteiger partial charge in [-0.05, 0) is 30.2 Å². The fraction of sp³-hybridized carbons (Fsp3) is 0.278. The summed E-state index contributed by atoms with van der Waals surface area (Å²) in [5, 5.41) is 0. The van der Waals surface area contributed by atoms with Gasteiger partial charge < -0.3 is 9.64 Å². The highest BCUT2D eigenvalue weighted by Gasteiger charge is 2.27. The van der Waals surface area contributed by atoms with Gasteiger partial charge in [0.2, 0.25) is 0 Å². The smallest absolute Gasteiger partial charge is 0.254 e. The van der Waals surface area contributed by atoms with Gasteiger partial charge in [0, 0.05) is 12.1 Å². The molecule has 2 aromatic rings. The summed E-state index contributed by atoms with van der Waals surface area (Å²) in [7, 11) is 0. The number of carbonyl (C=O) groups excluding carboxylic acids is 1. The molecule has 1 aliphatic rings. The molecular weight excluding hydrogens is 281 g/mol. The van der Waals surface area contributed by atoms with Crippen LogP contribution in [0.15, 0.2) is 48.5 Å². The third-order valence-electron chi connectivity index (χ3n) is 4.02. The van der Waals surface area contributed by atoms with E-state index >= 15 is 0 Å². The van der Waals surface area contributed by atoms with Crippen molar-refractivity contribution in [3.8, 4) is 0 Å². The van der Waals surface area contributed by atoms with Gasteiger partial charge in [0.25, 0.3) is 5.91 Å². The molecule has 0 saturated carbocycles. The van der Waals surface area contributed by atoms with Crippen LogP contribution in [0.1, 0.15) is 27.6 Å². The summed E-state index contributed by atoms with van der Waals surface area (Å²) >= 11 is 0. The summed E-state index contributed by atoms with van der Waals surface area (Å²) in [5.74, 6) is -0.486. The first kappa shape index (κ1) is 14.7. The molecule has 3 rings (SSSR count). The summed E-state index contributed by atoms with van der Waals surface area (Å²) in [6, 6.07) is 14.5. The van der Waals surface area contributed by atoms with Crippen LogP contribution in [0, 0.1) is 12.7 Å². The average Bonchev–Trinajstić information content (AvgIpc) is 2.58. The lowest BCUT2D eigenvalue weighted by Crippen LogP contribution is -2.42. The van der Waals surface area contributed by atoms with E-state index in [0.717, 1.165) is 5.56 Å². The molecule has 4 heteroatoms. The molecule has 1 fully saturated rings. The van der Waals surface area contributed by atoms with E-state index in [-0.39, 0.29) is 17.8 Å². The first-order chi connectivity index (χ1) is 10.7. The van der Waals surface area contributed by atoms with Crippen molar-refractivity contribution in [3.05, 3.63) is 71.0 Å². The maximum Gasteiger partial charge on any atom is 0.254 e. The number of benzene rings is 2. The topological polar surface area (TPSA) is 29.5 Å². The highest BCUT2D eigenvalue weighted by atomic mass is 19.1. The highest BCUT2D eigenvalue weighted by molar-refractivity contribution is 5.95. The van der Waals surface area contributed by atoms with Crippen molar-refractivity contribution >= 4 is 5.91 Å². The van der Waals surface area contributed by atoms with Crippen LogP contribution in [0.3, 0.4) is 0 Å². The Kier molecular flexibility index (Phi) is 4.20. The molecule has 1 amide bonds. The fourth-order valence-electron chi connectivity index (χ4n) is 2.71. The molecule has 0 bridgehead atoms. The maximum atomic E-state index is 13.7. The molecule has 1 atom stereocenters. The minimum Gasteiger partial charge on any atom is -0.370 e. The van der Waals surface area contributed by atoms with Crippen LogP contribution in [0.25, 0.3) is 0 Å². The molecule has 2 aromatic carbocycles. The largest absolute Gasteiger partial charge is 0.370 e. The molecule has 3 nitrogen and oxygen atoms in total. The molecule has 1 saturated heterocycles. The van der Waals surface area contributed by atoms with Crippen LogP contribution in [-0.2, 0) is 4.74 Å². The third-order valence-corrected chi connectivity index (χ3v) is 4.02. The van der Waals surface area contributed by atoms with Gasteiger partial charge in [-0.25, -0.2) is 4.39 Å². The van der Waals surface area contributed by atoms with E-state index in [2.05, 4.69) is 0 Å². The molecule has 22 heavy (non-hydrogen) atoms. The molecule has 1 aliphatic heterocycles. The second-order valence-corrected chi connectivity index (χ2v) is 5.43. The van der Waals surface area contributed by atoms with Crippen molar-refractivity contribution < 1.29 is 13.9 Å². The Labute approximate surface area is 129 Å². The number of hydrogen-bond donors (Lipinski definition) is 0. The zero-order valence-corrected chi connectivity index (χ0v) is 12.5. The number of rotatable bonds is 2. The van der Waals surface area contributed by atoms with E-state index in [1.807, 2.05) is 30.3 Å². The van der Waals surface area contributed by atoms with Gasteiger partial charge in [0.1, 0.15) is 11.9 Å². The lowest BCUT2D eigenvalue weighted by Gasteiger charge is -2.33. The highest BCUT2D eigenvalue weighted by Crippen LogP contribution is 2.24. The molecule has 1 heterocycles. The van der Waals surface area contributed by atoms with E-state index in [0.29, 0.717) is 30.8 Å². The van der Waals surface area contributed by atoms with Crippen LogP contribution >= 0.6 is 0 Å². The van der Waals surface area contributed by atoms with Crippen molar-refractivity contribution in [2.75, 3.05) is 19.7 Å². The number of morpholine rings is 1. The lowest BCUT2D eigenvalue weighted by molar-refractivity contribution is -0.0228. The lowest BCUT2D eigenvalue weighted by atomic mass is 10.0. The predicted octanol–water partition coefficient (Wildman–Crippen LogP) is 3.35. The Hall–Kier alpha value is -2.20. The van der Waals surface area contributed by atoms with E-state index < -0.39 is 0 Å². The predicted molar refractivity (Wildman–Crippen MR) is 82.2 cm³/mol. The van der Waals surface area contributed by atoms with Crippen LogP contribution < -0.4 is 0 Å². The maximum absolute atomic E-state index is 13.7. The first-order valence-electron chi connectivity index (χ1n) is 7.38. The van der Waals surface area contributed by atoms with E-state index in [4.69, 9.17) is 4.74 Å². The van der Waals surface area contributed by atoms with Crippen molar-refractivity contribution in [3.63, 3.8) is 0 Å². The van der Waals surface area contributed by atoms with Gasteiger partial charge in [-0.1, -0.05) is 36.4 Å². The number of hydrogen-bond acceptors (Lipinski definition) is 2. The van der Waals surface area contributed by atoms with Gasteiger partial charge in [-0.2, -0.15) is 0 Å². The number of halogens is 1. The summed E-state index contributed by atoms with van der Waals surface area (Å²) in [5.41, 5.74) is 1.87. The molecule has 0 aliphatic carbocycles. The molecule has 0 N–H and O–H groups in total. The zero-order chi connectivity index (χ0) is 15.5. The molecule has 114 valence electrons. The Morgan fingerprint density at radius 3 is 2.73 bits per heavy atom. The Balaban J connectivity index is 1.80. The van der Waals surface area contributed by atoms with Crippen LogP contribution in [0.4, 0.5) is 4.39 Å². The minimum absolute atomic E-state index is 0.132. The van der Waals surface area contributed by atoms with Crippen molar-refractivity contribution in [2.24, 2.45) is 0 Å². The second kappa shape index (κ2) is 6.28. The normalized spacial score (nSPS) is 18.3. The Bertz CT molecular complexity index is 672. The summed E-state index contributed by atoms with van der Waals surface area (Å²) < 4.78 is 19.4. The first-order valence-corrected chi connectivity index (χ1v) is 7.38. The standard InChI is InChI=1S/C18H18FNO2/c1-13-15(8-5-9-16(13)19)18(21)20-10-11-22-17(12-20)14-6-3-2-4-7-14/h2-9,17H,10-12H2,1H3/t17-/m1/s1. The molecule has 0 radical (unpaired) electrons. The number of nitrogens with zero attached hydrogens (tertiary/aromatic N) is 1. The number of ether oxygens (including phenoxy) is 1. The quantitative estimate of drug-likeness (QED) is 0.851. The summed E-state index contributed by atoms with van der Waals surface area (Å²) in [4.78, 5) is 14.4. The monoisotopic (exact) mass is 299 g/mol. The summed E-state index contributed by atoms with van der Waals surface area (Å²) in [6.07, 6.45) is -0.132. The van der Waals surface area contributed by atoms with Gasteiger partial charge in [-0.3, -0.25) is 4.79 Å². The van der Waals surface area contributed by atoms with E-state index in [1.54, 1.807) is 24.0 Å². The molecule has 0 aromatic heterocycles. The van der Waals surface area contributed by atoms with Crippen LogP contribution in [0.5, 0.6) is 0 Å². The minimum atomic E-state index is -0.348. The zero-order valence-electron chi connectivity index (χ0n) is 12.5. The second-order valence-electron chi connectivity index (χ2n) is 5.43. The average molecular weight is 299 g/mol. The van der Waals surface area contributed by atoms with Crippen molar-refractivity contribution in [1.82, 2.24) is 4.90 Å². The van der Waals surface area contributed by atoms with Crippen molar-refractivity contribution in [2.45, 2.75) is 13.0 Å². The Morgan fingerprint density at radius 1 is 1.18 bits per heavy atom. The SMILES string of the molecule is Cc1c(F)cccc1C(=O)N1CCO[C@@H](c2ccccc2)C1. The van der Waals surface area contributed by atoms with E-state index in [1.165, 1.54) is 6.07 Å². The summed E-state index contributed by atoms with van der Waals surface area (Å²) in [6.45, 7) is 3.13. The van der Waals surface area contributed by atoms with Crippen molar-refractivity contribution in [1.29, 1.82) is 0 Å². The van der Waals surface area contributed by atoms with E-state index in [9.17, 15) is 9.18 Å². The molecule has 0 unspecified atom stereocenters. The number of carbonyl (C=O) groups is 1. The van der Waals surface area contributed by atoms with Gasteiger partial charge in [0.15, 0.2) is 0 Å². The Morgan fingerprint density at radius 2 is 1.95 bits per heavy atom. The number of amides is 1.